The minimum atomic E-state index is -0.568. The first-order chi connectivity index (χ1) is 10.6. The van der Waals surface area contributed by atoms with E-state index in [9.17, 15) is 9.18 Å². The zero-order chi connectivity index (χ0) is 15.7. The van der Waals surface area contributed by atoms with Gasteiger partial charge in [0.1, 0.15) is 11.6 Å². The smallest absolute Gasteiger partial charge is 0.268 e. The minimum Gasteiger partial charge on any atom is -0.478 e. The van der Waals surface area contributed by atoms with E-state index >= 15 is 0 Å². The predicted octanol–water partition coefficient (Wildman–Crippen LogP) is 3.11. The number of hydrogen-bond acceptors (Lipinski definition) is 3. The summed E-state index contributed by atoms with van der Waals surface area (Å²) < 4.78 is 19.6. The van der Waals surface area contributed by atoms with E-state index in [4.69, 9.17) is 10.5 Å². The molecule has 4 nitrogen and oxygen atoms in total. The highest BCUT2D eigenvalue weighted by atomic mass is 19.1. The summed E-state index contributed by atoms with van der Waals surface area (Å²) >= 11 is 0. The summed E-state index contributed by atoms with van der Waals surface area (Å²) in [4.78, 5) is 14.1. The van der Waals surface area contributed by atoms with Gasteiger partial charge in [0.15, 0.2) is 6.10 Å². The summed E-state index contributed by atoms with van der Waals surface area (Å²) in [7, 11) is 0. The average molecular weight is 300 g/mol. The number of fused-ring (bicyclic) bond motifs is 1. The first-order valence-electron chi connectivity index (χ1n) is 7.21. The minimum absolute atomic E-state index is 0.164. The summed E-state index contributed by atoms with van der Waals surface area (Å²) in [6.45, 7) is 2.05. The van der Waals surface area contributed by atoms with Crippen LogP contribution in [-0.4, -0.2) is 12.0 Å². The predicted molar refractivity (Wildman–Crippen MR) is 83.2 cm³/mol. The highest BCUT2D eigenvalue weighted by molar-refractivity contribution is 6.00. The molecule has 0 radical (unpaired) electrons. The molecule has 0 saturated carbocycles. The van der Waals surface area contributed by atoms with Crippen LogP contribution in [0.4, 0.5) is 15.8 Å². The van der Waals surface area contributed by atoms with Gasteiger partial charge in [0.05, 0.1) is 12.2 Å². The van der Waals surface area contributed by atoms with E-state index in [2.05, 4.69) is 0 Å². The normalized spacial score (nSPS) is 17.1. The molecule has 5 heteroatoms. The Morgan fingerprint density at radius 1 is 1.27 bits per heavy atom. The summed E-state index contributed by atoms with van der Waals surface area (Å²) in [6, 6.07) is 11.6. The molecule has 2 N–H and O–H groups in total. The number of nitrogens with two attached hydrogens (primary N) is 1. The third-order valence-corrected chi connectivity index (χ3v) is 3.74. The van der Waals surface area contributed by atoms with Crippen LogP contribution in [-0.2, 0) is 11.3 Å². The molecule has 0 saturated heterocycles. The van der Waals surface area contributed by atoms with Gasteiger partial charge in [-0.25, -0.2) is 4.39 Å². The maximum absolute atomic E-state index is 13.9. The van der Waals surface area contributed by atoms with Crippen LogP contribution in [0.15, 0.2) is 42.5 Å². The monoisotopic (exact) mass is 300 g/mol. The number of halogens is 1. The lowest BCUT2D eigenvalue weighted by Crippen LogP contribution is -2.45. The van der Waals surface area contributed by atoms with Gasteiger partial charge in [-0.1, -0.05) is 25.1 Å². The number of hydrogen-bond donors (Lipinski definition) is 1. The first kappa shape index (κ1) is 14.4. The fourth-order valence-electron chi connectivity index (χ4n) is 2.56. The third kappa shape index (κ3) is 2.50. The number of amides is 1. The molecule has 0 unspecified atom stereocenters. The molecule has 22 heavy (non-hydrogen) atoms. The summed E-state index contributed by atoms with van der Waals surface area (Å²) in [6.07, 6.45) is -0.0259. The Hall–Kier alpha value is -2.56. The van der Waals surface area contributed by atoms with E-state index in [1.165, 1.54) is 6.07 Å². The van der Waals surface area contributed by atoms with E-state index in [0.717, 1.165) is 0 Å². The van der Waals surface area contributed by atoms with Gasteiger partial charge in [0, 0.05) is 17.3 Å². The highest BCUT2D eigenvalue weighted by Crippen LogP contribution is 2.37. The molecule has 1 aliphatic rings. The fraction of sp³-hybridized carbons (Fsp3) is 0.235. The van der Waals surface area contributed by atoms with Crippen LogP contribution >= 0.6 is 0 Å². The first-order valence-corrected chi connectivity index (χ1v) is 7.21. The molecule has 2 aromatic carbocycles. The van der Waals surface area contributed by atoms with Gasteiger partial charge in [-0.15, -0.1) is 0 Å². The molecule has 0 bridgehead atoms. The van der Waals surface area contributed by atoms with Crippen molar-refractivity contribution in [1.82, 2.24) is 0 Å². The highest BCUT2D eigenvalue weighted by Gasteiger charge is 2.33. The van der Waals surface area contributed by atoms with E-state index in [1.807, 2.05) is 6.92 Å². The maximum atomic E-state index is 13.9. The van der Waals surface area contributed by atoms with Gasteiger partial charge in [0.25, 0.3) is 5.91 Å². The van der Waals surface area contributed by atoms with Gasteiger partial charge in [-0.2, -0.15) is 0 Å². The Labute approximate surface area is 128 Å². The molecule has 1 aliphatic heterocycles. The number of carbonyl (C=O) groups is 1. The third-order valence-electron chi connectivity index (χ3n) is 3.74. The lowest BCUT2D eigenvalue weighted by atomic mass is 10.1. The number of carbonyl (C=O) groups excluding carboxylic acids is 1. The van der Waals surface area contributed by atoms with Gasteiger partial charge in [-0.3, -0.25) is 4.79 Å². The van der Waals surface area contributed by atoms with Crippen LogP contribution in [0.25, 0.3) is 0 Å². The van der Waals surface area contributed by atoms with Crippen LogP contribution < -0.4 is 15.4 Å². The standard InChI is InChI=1S/C17H17FN2O2/c1-2-15-17(21)20(10-11-5-3-4-6-13(11)18)14-8-7-12(19)9-16(14)22-15/h3-9,15H,2,10,19H2,1H3/t15-/m0/s1. The molecular formula is C17H17FN2O2. The van der Waals surface area contributed by atoms with Crippen molar-refractivity contribution < 1.29 is 13.9 Å². The number of benzene rings is 2. The largest absolute Gasteiger partial charge is 0.478 e. The summed E-state index contributed by atoms with van der Waals surface area (Å²) in [5, 5.41) is 0. The number of rotatable bonds is 3. The van der Waals surface area contributed by atoms with Crippen LogP contribution in [0.1, 0.15) is 18.9 Å². The number of nitrogen functional groups attached to an aromatic ring is 1. The number of ether oxygens (including phenoxy) is 1. The number of nitrogens with zero attached hydrogens (tertiary/aromatic N) is 1. The molecule has 1 heterocycles. The van der Waals surface area contributed by atoms with Crippen molar-refractivity contribution in [1.29, 1.82) is 0 Å². The molecular weight excluding hydrogens is 283 g/mol. The van der Waals surface area contributed by atoms with Crippen molar-refractivity contribution in [2.45, 2.75) is 26.0 Å². The fourth-order valence-corrected chi connectivity index (χ4v) is 2.56. The quantitative estimate of drug-likeness (QED) is 0.886. The lowest BCUT2D eigenvalue weighted by molar-refractivity contribution is -0.126. The summed E-state index contributed by atoms with van der Waals surface area (Å²) in [5.41, 5.74) is 7.43. The van der Waals surface area contributed by atoms with Gasteiger partial charge in [0.2, 0.25) is 0 Å². The summed E-state index contributed by atoms with van der Waals surface area (Å²) in [5.74, 6) is 0.0673. The zero-order valence-electron chi connectivity index (χ0n) is 12.3. The van der Waals surface area contributed by atoms with Crippen molar-refractivity contribution >= 4 is 17.3 Å². The Morgan fingerprint density at radius 2 is 2.05 bits per heavy atom. The molecule has 3 rings (SSSR count). The second-order valence-corrected chi connectivity index (χ2v) is 5.26. The molecule has 0 aromatic heterocycles. The molecule has 114 valence electrons. The van der Waals surface area contributed by atoms with Crippen molar-refractivity contribution in [3.63, 3.8) is 0 Å². The van der Waals surface area contributed by atoms with Crippen molar-refractivity contribution in [2.24, 2.45) is 0 Å². The van der Waals surface area contributed by atoms with Crippen LogP contribution in [0, 0.1) is 5.82 Å². The average Bonchev–Trinajstić information content (AvgIpc) is 2.51. The molecule has 0 spiro atoms. The topological polar surface area (TPSA) is 55.6 Å². The van der Waals surface area contributed by atoms with Crippen LogP contribution in [0.2, 0.25) is 0 Å². The Kier molecular flexibility index (Phi) is 3.71. The van der Waals surface area contributed by atoms with E-state index < -0.39 is 6.10 Å². The Balaban J connectivity index is 2.01. The Morgan fingerprint density at radius 3 is 2.77 bits per heavy atom. The number of anilines is 2. The molecule has 1 amide bonds. The SMILES string of the molecule is CC[C@@H]1Oc2cc(N)ccc2N(Cc2ccccc2F)C1=O. The Bertz CT molecular complexity index is 718. The van der Waals surface area contributed by atoms with E-state index in [-0.39, 0.29) is 18.3 Å². The van der Waals surface area contributed by atoms with Crippen molar-refractivity contribution in [3.8, 4) is 5.75 Å². The molecule has 0 fully saturated rings. The van der Waals surface area contributed by atoms with E-state index in [1.54, 1.807) is 41.3 Å². The molecule has 0 aliphatic carbocycles. The lowest BCUT2D eigenvalue weighted by Gasteiger charge is -2.34. The van der Waals surface area contributed by atoms with Crippen molar-refractivity contribution in [2.75, 3.05) is 10.6 Å². The second-order valence-electron chi connectivity index (χ2n) is 5.26. The second kappa shape index (κ2) is 5.67. The van der Waals surface area contributed by atoms with Crippen molar-refractivity contribution in [3.05, 3.63) is 53.8 Å². The van der Waals surface area contributed by atoms with Gasteiger partial charge >= 0.3 is 0 Å². The van der Waals surface area contributed by atoms with E-state index in [0.29, 0.717) is 29.1 Å². The molecule has 2 aromatic rings. The van der Waals surface area contributed by atoms with Gasteiger partial charge < -0.3 is 15.4 Å². The van der Waals surface area contributed by atoms with Crippen LogP contribution in [0.3, 0.4) is 0 Å². The zero-order valence-corrected chi connectivity index (χ0v) is 12.3. The van der Waals surface area contributed by atoms with Crippen LogP contribution in [0.5, 0.6) is 5.75 Å². The molecule has 1 atom stereocenters. The maximum Gasteiger partial charge on any atom is 0.268 e. The van der Waals surface area contributed by atoms with Gasteiger partial charge in [-0.05, 0) is 24.6 Å².